The van der Waals surface area contributed by atoms with Crippen LogP contribution in [0.3, 0.4) is 0 Å². The van der Waals surface area contributed by atoms with Crippen LogP contribution in [-0.2, 0) is 22.9 Å². The van der Waals surface area contributed by atoms with E-state index in [0.717, 1.165) is 0 Å². The summed E-state index contributed by atoms with van der Waals surface area (Å²) in [5.41, 5.74) is 0. The number of furan rings is 1. The minimum absolute atomic E-state index is 0.0748. The number of hydrogen-bond donors (Lipinski definition) is 1. The van der Waals surface area contributed by atoms with Crippen molar-refractivity contribution in [3.8, 4) is 0 Å². The van der Waals surface area contributed by atoms with Gasteiger partial charge in [-0.2, -0.15) is 0 Å². The first kappa shape index (κ1) is 15.3. The number of hydrogen-bond acceptors (Lipinski definition) is 7. The monoisotopic (exact) mass is 326 g/mol. The summed E-state index contributed by atoms with van der Waals surface area (Å²) in [7, 11) is -3.23. The number of aromatic nitrogens is 1. The predicted molar refractivity (Wildman–Crippen MR) is 77.6 cm³/mol. The van der Waals surface area contributed by atoms with Crippen LogP contribution in [0, 0.1) is 6.92 Å². The fourth-order valence-corrected chi connectivity index (χ4v) is 4.53. The van der Waals surface area contributed by atoms with Crippen LogP contribution in [0.4, 0.5) is 0 Å². The topological polar surface area (TPSA) is 96.8 Å². The maximum Gasteiger partial charge on any atom is 0.208 e. The highest BCUT2D eigenvalue weighted by Crippen LogP contribution is 2.23. The summed E-state index contributed by atoms with van der Waals surface area (Å²) in [5.74, 6) is 1.58. The van der Waals surface area contributed by atoms with Crippen molar-refractivity contribution < 1.29 is 22.4 Å². The lowest BCUT2D eigenvalue weighted by Crippen LogP contribution is -2.42. The number of rotatable bonds is 5. The summed E-state index contributed by atoms with van der Waals surface area (Å²) in [6, 6.07) is 3.08. The average Bonchev–Trinajstić information content (AvgIpc) is 3.11. The second kappa shape index (κ2) is 5.86. The Morgan fingerprint density at radius 3 is 2.77 bits per heavy atom. The maximum atomic E-state index is 11.8. The Balaban J connectivity index is 1.82. The van der Waals surface area contributed by atoms with Crippen molar-refractivity contribution in [2.75, 3.05) is 11.5 Å². The Morgan fingerprint density at radius 1 is 1.41 bits per heavy atom. The van der Waals surface area contributed by atoms with Crippen LogP contribution in [0.2, 0.25) is 0 Å². The Morgan fingerprint density at radius 2 is 2.23 bits per heavy atom. The van der Waals surface area contributed by atoms with Crippen molar-refractivity contribution in [2.24, 2.45) is 0 Å². The molecule has 0 aromatic carbocycles. The summed E-state index contributed by atoms with van der Waals surface area (Å²) in [5, 5.41) is 10.1. The lowest BCUT2D eigenvalue weighted by Gasteiger charge is -2.28. The van der Waals surface area contributed by atoms with Gasteiger partial charge in [0.2, 0.25) is 5.89 Å². The molecule has 1 aliphatic heterocycles. The Labute approximate surface area is 128 Å². The van der Waals surface area contributed by atoms with Crippen molar-refractivity contribution in [1.29, 1.82) is 0 Å². The lowest BCUT2D eigenvalue weighted by molar-refractivity contribution is 0.0627. The van der Waals surface area contributed by atoms with Gasteiger partial charge in [0.1, 0.15) is 11.5 Å². The molecule has 7 nitrogen and oxygen atoms in total. The van der Waals surface area contributed by atoms with Gasteiger partial charge in [0.15, 0.2) is 9.84 Å². The highest BCUT2D eigenvalue weighted by atomic mass is 32.2. The van der Waals surface area contributed by atoms with Crippen LogP contribution in [0.25, 0.3) is 0 Å². The summed E-state index contributed by atoms with van der Waals surface area (Å²) in [6.07, 6.45) is 2.25. The molecule has 1 aliphatic rings. The Kier molecular flexibility index (Phi) is 4.07. The van der Waals surface area contributed by atoms with Gasteiger partial charge in [-0.25, -0.2) is 13.4 Å². The molecular weight excluding hydrogens is 308 g/mol. The molecular formula is C14H18N2O5S. The molecule has 120 valence electrons. The SMILES string of the molecule is Cc1cnc(CN(Cc2ccco2)C2CS(=O)(=O)CC2O)o1. The molecule has 2 aromatic rings. The van der Waals surface area contributed by atoms with E-state index in [1.54, 1.807) is 25.5 Å². The molecule has 2 atom stereocenters. The fraction of sp³-hybridized carbons (Fsp3) is 0.500. The zero-order valence-corrected chi connectivity index (χ0v) is 13.0. The van der Waals surface area contributed by atoms with Crippen LogP contribution in [0.1, 0.15) is 17.4 Å². The molecule has 3 rings (SSSR count). The first-order chi connectivity index (χ1) is 10.4. The largest absolute Gasteiger partial charge is 0.468 e. The van der Waals surface area contributed by atoms with Crippen molar-refractivity contribution in [3.63, 3.8) is 0 Å². The minimum Gasteiger partial charge on any atom is -0.468 e. The molecule has 0 spiro atoms. The van der Waals surface area contributed by atoms with E-state index in [-0.39, 0.29) is 11.5 Å². The van der Waals surface area contributed by atoms with Gasteiger partial charge in [-0.15, -0.1) is 0 Å². The summed E-state index contributed by atoms with van der Waals surface area (Å²) in [4.78, 5) is 5.98. The fourth-order valence-electron chi connectivity index (χ4n) is 2.70. The molecule has 1 N–H and O–H groups in total. The number of aryl methyl sites for hydroxylation is 1. The highest BCUT2D eigenvalue weighted by molar-refractivity contribution is 7.91. The van der Waals surface area contributed by atoms with Gasteiger partial charge in [-0.05, 0) is 19.1 Å². The average molecular weight is 326 g/mol. The Hall–Kier alpha value is -1.64. The van der Waals surface area contributed by atoms with Crippen molar-refractivity contribution in [1.82, 2.24) is 9.88 Å². The van der Waals surface area contributed by atoms with E-state index in [9.17, 15) is 13.5 Å². The molecule has 2 unspecified atom stereocenters. The molecule has 0 amide bonds. The minimum atomic E-state index is -3.23. The molecule has 3 heterocycles. The third-order valence-electron chi connectivity index (χ3n) is 3.71. The number of nitrogens with zero attached hydrogens (tertiary/aromatic N) is 2. The molecule has 1 fully saturated rings. The van der Waals surface area contributed by atoms with Crippen molar-refractivity contribution >= 4 is 9.84 Å². The first-order valence-corrected chi connectivity index (χ1v) is 8.81. The van der Waals surface area contributed by atoms with E-state index < -0.39 is 22.0 Å². The quantitative estimate of drug-likeness (QED) is 0.865. The van der Waals surface area contributed by atoms with Gasteiger partial charge in [0.25, 0.3) is 0 Å². The van der Waals surface area contributed by atoms with E-state index in [4.69, 9.17) is 8.83 Å². The first-order valence-electron chi connectivity index (χ1n) is 6.99. The van der Waals surface area contributed by atoms with E-state index >= 15 is 0 Å². The van der Waals surface area contributed by atoms with Gasteiger partial charge in [0.05, 0.1) is 49.2 Å². The van der Waals surface area contributed by atoms with E-state index in [0.29, 0.717) is 30.5 Å². The van der Waals surface area contributed by atoms with Gasteiger partial charge in [0, 0.05) is 0 Å². The molecule has 8 heteroatoms. The van der Waals surface area contributed by atoms with E-state index in [1.807, 2.05) is 11.0 Å². The second-order valence-electron chi connectivity index (χ2n) is 5.56. The van der Waals surface area contributed by atoms with E-state index in [2.05, 4.69) is 4.98 Å². The number of aliphatic hydroxyl groups is 1. The Bertz CT molecular complexity index is 722. The van der Waals surface area contributed by atoms with Crippen LogP contribution >= 0.6 is 0 Å². The molecule has 0 saturated carbocycles. The maximum absolute atomic E-state index is 11.8. The van der Waals surface area contributed by atoms with Gasteiger partial charge < -0.3 is 13.9 Å². The number of sulfone groups is 1. The number of oxazole rings is 1. The third kappa shape index (κ3) is 3.40. The zero-order chi connectivity index (χ0) is 15.7. The highest BCUT2D eigenvalue weighted by Gasteiger charge is 2.40. The molecule has 0 radical (unpaired) electrons. The molecule has 1 saturated heterocycles. The smallest absolute Gasteiger partial charge is 0.208 e. The van der Waals surface area contributed by atoms with Crippen LogP contribution in [0.5, 0.6) is 0 Å². The molecule has 2 aromatic heterocycles. The van der Waals surface area contributed by atoms with Crippen LogP contribution in [-0.4, -0.2) is 47.1 Å². The summed E-state index contributed by atoms with van der Waals surface area (Å²) >= 11 is 0. The van der Waals surface area contributed by atoms with Gasteiger partial charge >= 0.3 is 0 Å². The lowest BCUT2D eigenvalue weighted by atomic mass is 10.1. The third-order valence-corrected chi connectivity index (χ3v) is 5.41. The van der Waals surface area contributed by atoms with E-state index in [1.165, 1.54) is 0 Å². The summed E-state index contributed by atoms with van der Waals surface area (Å²) in [6.45, 7) is 2.49. The standard InChI is InChI=1S/C14H18N2O5S/c1-10-5-15-14(21-10)7-16(6-11-3-2-4-20-11)12-8-22(18,19)9-13(12)17/h2-5,12-13,17H,6-9H2,1H3. The van der Waals surface area contributed by atoms with Gasteiger partial charge in [-0.1, -0.05) is 0 Å². The van der Waals surface area contributed by atoms with Crippen LogP contribution < -0.4 is 0 Å². The predicted octanol–water partition coefficient (Wildman–Crippen LogP) is 0.736. The number of aliphatic hydroxyl groups excluding tert-OH is 1. The molecule has 0 bridgehead atoms. The normalized spacial score (nSPS) is 24.1. The van der Waals surface area contributed by atoms with Crippen molar-refractivity contribution in [2.45, 2.75) is 32.2 Å². The van der Waals surface area contributed by atoms with Crippen LogP contribution in [0.15, 0.2) is 33.4 Å². The summed E-state index contributed by atoms with van der Waals surface area (Å²) < 4.78 is 34.3. The zero-order valence-electron chi connectivity index (χ0n) is 12.2. The van der Waals surface area contributed by atoms with Gasteiger partial charge in [-0.3, -0.25) is 4.90 Å². The second-order valence-corrected chi connectivity index (χ2v) is 7.71. The van der Waals surface area contributed by atoms with Crippen molar-refractivity contribution in [3.05, 3.63) is 42.0 Å². The molecule has 0 aliphatic carbocycles. The molecule has 22 heavy (non-hydrogen) atoms.